The molecule has 1 rings (SSSR count). The number of hydrogen-bond donors (Lipinski definition) is 1. The van der Waals surface area contributed by atoms with Crippen molar-refractivity contribution in [2.45, 2.75) is 39.7 Å². The molecule has 0 spiro atoms. The van der Waals surface area contributed by atoms with Crippen LogP contribution in [0.2, 0.25) is 0 Å². The van der Waals surface area contributed by atoms with Crippen LogP contribution in [-0.4, -0.2) is 7.05 Å². The summed E-state index contributed by atoms with van der Waals surface area (Å²) in [5.74, 6) is 0.138. The number of benzene rings is 1. The molecule has 1 aromatic rings. The van der Waals surface area contributed by atoms with E-state index >= 15 is 0 Å². The molecule has 0 aliphatic heterocycles. The van der Waals surface area contributed by atoms with Gasteiger partial charge in [0.05, 0.1) is 0 Å². The van der Waals surface area contributed by atoms with Crippen molar-refractivity contribution in [2.75, 3.05) is 7.05 Å². The van der Waals surface area contributed by atoms with Crippen molar-refractivity contribution in [1.82, 2.24) is 5.32 Å². The molecule has 1 nitrogen and oxygen atoms in total. The minimum absolute atomic E-state index is 0.00366. The van der Waals surface area contributed by atoms with Crippen LogP contribution in [-0.2, 0) is 0 Å². The van der Waals surface area contributed by atoms with Crippen molar-refractivity contribution in [3.05, 3.63) is 35.4 Å². The molecule has 0 bridgehead atoms. The fraction of sp³-hybridized carbons (Fsp3) is 0.600. The summed E-state index contributed by atoms with van der Waals surface area (Å²) in [6.07, 6.45) is 2.01. The standard InChI is InChI=1S/C15H23F2N/c1-10(2)5-11(3)6-15(18-4)12-7-13(16)9-14(17)8-12/h7-11,15,18H,5-6H2,1-4H3. The summed E-state index contributed by atoms with van der Waals surface area (Å²) in [6, 6.07) is 3.73. The van der Waals surface area contributed by atoms with Crippen molar-refractivity contribution in [3.63, 3.8) is 0 Å². The highest BCUT2D eigenvalue weighted by Crippen LogP contribution is 2.26. The second-order valence-corrected chi connectivity index (χ2v) is 5.51. The number of halogens is 2. The van der Waals surface area contributed by atoms with Gasteiger partial charge >= 0.3 is 0 Å². The molecule has 18 heavy (non-hydrogen) atoms. The third-order valence-corrected chi connectivity index (χ3v) is 3.15. The molecular weight excluding hydrogens is 232 g/mol. The summed E-state index contributed by atoms with van der Waals surface area (Å²) in [4.78, 5) is 0. The first-order chi connectivity index (χ1) is 8.42. The lowest BCUT2D eigenvalue weighted by atomic mass is 9.90. The smallest absolute Gasteiger partial charge is 0.126 e. The Morgan fingerprint density at radius 1 is 1.00 bits per heavy atom. The Kier molecular flexibility index (Phi) is 5.73. The highest BCUT2D eigenvalue weighted by atomic mass is 19.1. The largest absolute Gasteiger partial charge is 0.313 e. The van der Waals surface area contributed by atoms with Crippen LogP contribution in [0.15, 0.2) is 18.2 Å². The summed E-state index contributed by atoms with van der Waals surface area (Å²) in [7, 11) is 1.83. The van der Waals surface area contributed by atoms with Gasteiger partial charge in [-0.2, -0.15) is 0 Å². The Morgan fingerprint density at radius 2 is 1.56 bits per heavy atom. The van der Waals surface area contributed by atoms with Gasteiger partial charge in [-0.1, -0.05) is 20.8 Å². The number of hydrogen-bond acceptors (Lipinski definition) is 1. The van der Waals surface area contributed by atoms with Gasteiger partial charge in [-0.25, -0.2) is 8.78 Å². The molecule has 1 aromatic carbocycles. The van der Waals surface area contributed by atoms with Gasteiger partial charge in [-0.15, -0.1) is 0 Å². The molecule has 2 atom stereocenters. The van der Waals surface area contributed by atoms with Crippen LogP contribution >= 0.6 is 0 Å². The molecule has 102 valence electrons. The fourth-order valence-corrected chi connectivity index (χ4v) is 2.50. The van der Waals surface area contributed by atoms with E-state index in [9.17, 15) is 8.78 Å². The van der Waals surface area contributed by atoms with Crippen molar-refractivity contribution >= 4 is 0 Å². The lowest BCUT2D eigenvalue weighted by Crippen LogP contribution is -2.20. The lowest BCUT2D eigenvalue weighted by molar-refractivity contribution is 0.365. The van der Waals surface area contributed by atoms with E-state index in [1.54, 1.807) is 0 Å². The van der Waals surface area contributed by atoms with Gasteiger partial charge in [-0.3, -0.25) is 0 Å². The molecular formula is C15H23F2N. The van der Waals surface area contributed by atoms with Crippen LogP contribution in [0.1, 0.15) is 45.2 Å². The van der Waals surface area contributed by atoms with Crippen LogP contribution < -0.4 is 5.32 Å². The Hall–Kier alpha value is -0.960. The predicted molar refractivity (Wildman–Crippen MR) is 71.4 cm³/mol. The minimum Gasteiger partial charge on any atom is -0.313 e. The first-order valence-corrected chi connectivity index (χ1v) is 6.55. The van der Waals surface area contributed by atoms with Gasteiger partial charge in [0.1, 0.15) is 11.6 Å². The van der Waals surface area contributed by atoms with Crippen LogP contribution in [0, 0.1) is 23.5 Å². The molecule has 0 saturated carbocycles. The van der Waals surface area contributed by atoms with Crippen LogP contribution in [0.3, 0.4) is 0 Å². The summed E-state index contributed by atoms with van der Waals surface area (Å²) < 4.78 is 26.4. The minimum atomic E-state index is -0.512. The zero-order valence-electron chi connectivity index (χ0n) is 11.6. The van der Waals surface area contributed by atoms with Gasteiger partial charge in [0.15, 0.2) is 0 Å². The number of nitrogens with one attached hydrogen (secondary N) is 1. The topological polar surface area (TPSA) is 12.0 Å². The molecule has 0 amide bonds. The summed E-state index contributed by atoms with van der Waals surface area (Å²) in [5.41, 5.74) is 0.686. The first kappa shape index (κ1) is 15.1. The van der Waals surface area contributed by atoms with Crippen molar-refractivity contribution in [3.8, 4) is 0 Å². The number of rotatable bonds is 6. The molecule has 0 aromatic heterocycles. The highest BCUT2D eigenvalue weighted by Gasteiger charge is 2.16. The first-order valence-electron chi connectivity index (χ1n) is 6.55. The van der Waals surface area contributed by atoms with E-state index < -0.39 is 11.6 Å². The molecule has 0 fully saturated rings. The van der Waals surface area contributed by atoms with E-state index in [1.807, 2.05) is 7.05 Å². The highest BCUT2D eigenvalue weighted by molar-refractivity contribution is 5.21. The monoisotopic (exact) mass is 255 g/mol. The lowest BCUT2D eigenvalue weighted by Gasteiger charge is -2.22. The fourth-order valence-electron chi connectivity index (χ4n) is 2.50. The summed E-state index contributed by atoms with van der Waals surface area (Å²) >= 11 is 0. The molecule has 2 unspecified atom stereocenters. The molecule has 0 radical (unpaired) electrons. The molecule has 0 saturated heterocycles. The van der Waals surface area contributed by atoms with Crippen LogP contribution in [0.4, 0.5) is 8.78 Å². The Bertz CT molecular complexity index is 357. The molecule has 0 heterocycles. The Balaban J connectivity index is 2.76. The second-order valence-electron chi connectivity index (χ2n) is 5.51. The normalized spacial score (nSPS) is 14.8. The van der Waals surface area contributed by atoms with Crippen LogP contribution in [0.5, 0.6) is 0 Å². The average molecular weight is 255 g/mol. The Labute approximate surface area is 109 Å². The maximum absolute atomic E-state index is 13.2. The van der Waals surface area contributed by atoms with E-state index in [0.717, 1.165) is 18.9 Å². The van der Waals surface area contributed by atoms with E-state index in [0.29, 0.717) is 17.4 Å². The molecule has 1 N–H and O–H groups in total. The zero-order chi connectivity index (χ0) is 13.7. The third kappa shape index (κ3) is 4.73. The van der Waals surface area contributed by atoms with Crippen molar-refractivity contribution in [2.24, 2.45) is 11.8 Å². The maximum Gasteiger partial charge on any atom is 0.126 e. The maximum atomic E-state index is 13.2. The summed E-state index contributed by atoms with van der Waals surface area (Å²) in [6.45, 7) is 6.56. The van der Waals surface area contributed by atoms with Gasteiger partial charge < -0.3 is 5.32 Å². The molecule has 0 aliphatic rings. The second kappa shape index (κ2) is 6.83. The van der Waals surface area contributed by atoms with E-state index in [2.05, 4.69) is 26.1 Å². The van der Waals surface area contributed by atoms with Crippen LogP contribution in [0.25, 0.3) is 0 Å². The van der Waals surface area contributed by atoms with E-state index in [1.165, 1.54) is 12.1 Å². The van der Waals surface area contributed by atoms with Gasteiger partial charge in [-0.05, 0) is 49.4 Å². The quantitative estimate of drug-likeness (QED) is 0.799. The molecule has 3 heteroatoms. The van der Waals surface area contributed by atoms with Crippen molar-refractivity contribution in [1.29, 1.82) is 0 Å². The van der Waals surface area contributed by atoms with E-state index in [-0.39, 0.29) is 6.04 Å². The zero-order valence-corrected chi connectivity index (χ0v) is 11.6. The van der Waals surface area contributed by atoms with Crippen molar-refractivity contribution < 1.29 is 8.78 Å². The average Bonchev–Trinajstić information content (AvgIpc) is 2.23. The molecule has 0 aliphatic carbocycles. The third-order valence-electron chi connectivity index (χ3n) is 3.15. The Morgan fingerprint density at radius 3 is 2.00 bits per heavy atom. The van der Waals surface area contributed by atoms with Gasteiger partial charge in [0.2, 0.25) is 0 Å². The van der Waals surface area contributed by atoms with Gasteiger partial charge in [0, 0.05) is 12.1 Å². The van der Waals surface area contributed by atoms with E-state index in [4.69, 9.17) is 0 Å². The summed E-state index contributed by atoms with van der Waals surface area (Å²) in [5, 5.41) is 3.14. The SMILES string of the molecule is CNC(CC(C)CC(C)C)c1cc(F)cc(F)c1. The van der Waals surface area contributed by atoms with Gasteiger partial charge in [0.25, 0.3) is 0 Å². The predicted octanol–water partition coefficient (Wildman–Crippen LogP) is 4.30.